The molecule has 0 aliphatic heterocycles. The highest BCUT2D eigenvalue weighted by atomic mass is 31.2. The molecule has 0 aliphatic rings. The second-order valence-electron chi connectivity index (χ2n) is 3.75. The molecular formula is C11H17O4P. The van der Waals surface area contributed by atoms with Crippen molar-refractivity contribution >= 4 is 7.60 Å². The molecule has 2 unspecified atom stereocenters. The minimum atomic E-state index is -3.67. The normalized spacial score (nSPS) is 16.7. The van der Waals surface area contributed by atoms with Gasteiger partial charge in [-0.25, -0.2) is 0 Å². The molecule has 0 radical (unpaired) electrons. The van der Waals surface area contributed by atoms with E-state index in [0.29, 0.717) is 12.0 Å². The van der Waals surface area contributed by atoms with Gasteiger partial charge in [-0.05, 0) is 19.4 Å². The van der Waals surface area contributed by atoms with Crippen LogP contribution < -0.4 is 0 Å². The van der Waals surface area contributed by atoms with Gasteiger partial charge in [-0.2, -0.15) is 0 Å². The topological polar surface area (TPSA) is 66.8 Å². The molecule has 4 nitrogen and oxygen atoms in total. The average Bonchev–Trinajstić information content (AvgIpc) is 2.20. The molecule has 0 aliphatic carbocycles. The molecule has 0 heterocycles. The Morgan fingerprint density at radius 3 is 2.62 bits per heavy atom. The minimum absolute atomic E-state index is 0.0181. The predicted molar refractivity (Wildman–Crippen MR) is 62.5 cm³/mol. The first kappa shape index (κ1) is 13.2. The molecule has 0 aromatic heterocycles. The van der Waals surface area contributed by atoms with Crippen molar-refractivity contribution in [1.29, 1.82) is 0 Å². The van der Waals surface area contributed by atoms with E-state index in [9.17, 15) is 14.6 Å². The Morgan fingerprint density at radius 2 is 2.06 bits per heavy atom. The van der Waals surface area contributed by atoms with E-state index in [1.54, 1.807) is 25.1 Å². The fourth-order valence-corrected chi connectivity index (χ4v) is 2.74. The lowest BCUT2D eigenvalue weighted by molar-refractivity contribution is 0.184. The van der Waals surface area contributed by atoms with Gasteiger partial charge < -0.3 is 14.5 Å². The van der Waals surface area contributed by atoms with Crippen LogP contribution >= 0.6 is 7.60 Å². The number of para-hydroxylation sites is 1. The highest BCUT2D eigenvalue weighted by Gasteiger charge is 2.23. The Morgan fingerprint density at radius 1 is 1.44 bits per heavy atom. The van der Waals surface area contributed by atoms with Crippen LogP contribution in [-0.2, 0) is 15.3 Å². The first-order valence-electron chi connectivity index (χ1n) is 5.21. The molecule has 1 aromatic carbocycles. The lowest BCUT2D eigenvalue weighted by atomic mass is 10.2. The lowest BCUT2D eigenvalue weighted by Gasteiger charge is -2.17. The van der Waals surface area contributed by atoms with Crippen LogP contribution in [0.3, 0.4) is 0 Å². The minimum Gasteiger partial charge on any atom is -0.508 e. The van der Waals surface area contributed by atoms with Gasteiger partial charge in [-0.1, -0.05) is 25.1 Å². The summed E-state index contributed by atoms with van der Waals surface area (Å²) in [5.41, 5.74) is 0.427. The van der Waals surface area contributed by atoms with Crippen molar-refractivity contribution in [3.05, 3.63) is 29.8 Å². The summed E-state index contributed by atoms with van der Waals surface area (Å²) in [5.74, 6) is 0.0181. The number of hydrogen-bond acceptors (Lipinski definition) is 3. The van der Waals surface area contributed by atoms with E-state index in [1.807, 2.05) is 6.92 Å². The highest BCUT2D eigenvalue weighted by Crippen LogP contribution is 2.48. The van der Waals surface area contributed by atoms with E-state index in [0.717, 1.165) is 0 Å². The SMILES string of the molecule is CCC(C)OP(=O)(O)Cc1ccccc1O. The van der Waals surface area contributed by atoms with Crippen LogP contribution in [0, 0.1) is 0 Å². The van der Waals surface area contributed by atoms with Crippen molar-refractivity contribution in [2.45, 2.75) is 32.5 Å². The van der Waals surface area contributed by atoms with Crippen LogP contribution in [-0.4, -0.2) is 16.1 Å². The summed E-state index contributed by atoms with van der Waals surface area (Å²) < 4.78 is 16.8. The molecule has 0 fully saturated rings. The third-order valence-corrected chi connectivity index (χ3v) is 3.71. The molecule has 16 heavy (non-hydrogen) atoms. The molecule has 90 valence electrons. The predicted octanol–water partition coefficient (Wildman–Crippen LogP) is 2.89. The second kappa shape index (κ2) is 5.48. The first-order chi connectivity index (χ1) is 7.44. The highest BCUT2D eigenvalue weighted by molar-refractivity contribution is 7.52. The Hall–Kier alpha value is -0.830. The van der Waals surface area contributed by atoms with E-state index in [-0.39, 0.29) is 18.0 Å². The van der Waals surface area contributed by atoms with Crippen LogP contribution in [0.25, 0.3) is 0 Å². The fraction of sp³-hybridized carbons (Fsp3) is 0.455. The molecule has 5 heteroatoms. The zero-order valence-corrected chi connectivity index (χ0v) is 10.4. The standard InChI is InChI=1S/C11H17O4P/c1-3-9(2)15-16(13,14)8-10-6-4-5-7-11(10)12/h4-7,9,12H,3,8H2,1-2H3,(H,13,14). The fourth-order valence-electron chi connectivity index (χ4n) is 1.25. The van der Waals surface area contributed by atoms with E-state index < -0.39 is 7.60 Å². The third-order valence-electron chi connectivity index (χ3n) is 2.28. The van der Waals surface area contributed by atoms with E-state index in [2.05, 4.69) is 0 Å². The summed E-state index contributed by atoms with van der Waals surface area (Å²) >= 11 is 0. The van der Waals surface area contributed by atoms with Gasteiger partial charge in [-0.15, -0.1) is 0 Å². The summed E-state index contributed by atoms with van der Waals surface area (Å²) in [6.07, 6.45) is 0.247. The molecular weight excluding hydrogens is 227 g/mol. The first-order valence-corrected chi connectivity index (χ1v) is 6.98. The Bertz CT molecular complexity index is 391. The molecule has 1 rings (SSSR count). The molecule has 0 saturated carbocycles. The summed E-state index contributed by atoms with van der Waals surface area (Å²) in [6, 6.07) is 6.46. The Balaban J connectivity index is 2.73. The van der Waals surface area contributed by atoms with Gasteiger partial charge in [0.2, 0.25) is 0 Å². The molecule has 0 spiro atoms. The van der Waals surface area contributed by atoms with Crippen molar-refractivity contribution in [2.75, 3.05) is 0 Å². The molecule has 1 aromatic rings. The summed E-state index contributed by atoms with van der Waals surface area (Å²) in [4.78, 5) is 9.62. The van der Waals surface area contributed by atoms with Crippen molar-refractivity contribution < 1.29 is 19.1 Å². The van der Waals surface area contributed by atoms with Gasteiger partial charge in [0.25, 0.3) is 0 Å². The van der Waals surface area contributed by atoms with Crippen LogP contribution in [0.4, 0.5) is 0 Å². The smallest absolute Gasteiger partial charge is 0.332 e. The van der Waals surface area contributed by atoms with Crippen molar-refractivity contribution in [3.63, 3.8) is 0 Å². The maximum atomic E-state index is 11.7. The van der Waals surface area contributed by atoms with Crippen molar-refractivity contribution in [1.82, 2.24) is 0 Å². The molecule has 2 atom stereocenters. The van der Waals surface area contributed by atoms with Gasteiger partial charge in [0, 0.05) is 5.56 Å². The number of hydrogen-bond donors (Lipinski definition) is 2. The summed E-state index contributed by atoms with van der Waals surface area (Å²) in [5, 5.41) is 9.48. The van der Waals surface area contributed by atoms with Crippen molar-refractivity contribution in [2.24, 2.45) is 0 Å². The average molecular weight is 244 g/mol. The number of aromatic hydroxyl groups is 1. The Kier molecular flexibility index (Phi) is 4.54. The monoisotopic (exact) mass is 244 g/mol. The molecule has 2 N–H and O–H groups in total. The largest absolute Gasteiger partial charge is 0.508 e. The zero-order valence-electron chi connectivity index (χ0n) is 9.46. The van der Waals surface area contributed by atoms with E-state index in [1.165, 1.54) is 6.07 Å². The second-order valence-corrected chi connectivity index (χ2v) is 5.55. The quantitative estimate of drug-likeness (QED) is 0.781. The Labute approximate surface area is 95.4 Å². The maximum absolute atomic E-state index is 11.7. The number of phenols is 1. The van der Waals surface area contributed by atoms with E-state index >= 15 is 0 Å². The number of rotatable bonds is 5. The van der Waals surface area contributed by atoms with Gasteiger partial charge >= 0.3 is 7.60 Å². The molecule has 0 amide bonds. The summed E-state index contributed by atoms with van der Waals surface area (Å²) in [7, 11) is -3.67. The van der Waals surface area contributed by atoms with Crippen LogP contribution in [0.1, 0.15) is 25.8 Å². The molecule has 0 bridgehead atoms. The van der Waals surface area contributed by atoms with Gasteiger partial charge in [0.15, 0.2) is 0 Å². The summed E-state index contributed by atoms with van der Waals surface area (Å²) in [6.45, 7) is 3.62. The van der Waals surface area contributed by atoms with Crippen molar-refractivity contribution in [3.8, 4) is 5.75 Å². The van der Waals surface area contributed by atoms with Crippen LogP contribution in [0.5, 0.6) is 5.75 Å². The maximum Gasteiger partial charge on any atom is 0.332 e. The van der Waals surface area contributed by atoms with Gasteiger partial charge in [-0.3, -0.25) is 4.57 Å². The third kappa shape index (κ3) is 3.97. The lowest BCUT2D eigenvalue weighted by Crippen LogP contribution is -2.05. The van der Waals surface area contributed by atoms with Gasteiger partial charge in [0.05, 0.1) is 12.3 Å². The van der Waals surface area contributed by atoms with Gasteiger partial charge in [0.1, 0.15) is 5.75 Å². The molecule has 0 saturated heterocycles. The number of phenolic OH excluding ortho intramolecular Hbond substituents is 1. The number of benzene rings is 1. The zero-order chi connectivity index (χ0) is 12.2. The van der Waals surface area contributed by atoms with Crippen LogP contribution in [0.15, 0.2) is 24.3 Å². The van der Waals surface area contributed by atoms with Crippen LogP contribution in [0.2, 0.25) is 0 Å². The van der Waals surface area contributed by atoms with E-state index in [4.69, 9.17) is 4.52 Å².